The van der Waals surface area contributed by atoms with Crippen molar-refractivity contribution in [2.45, 2.75) is 31.8 Å². The van der Waals surface area contributed by atoms with Gasteiger partial charge in [0.15, 0.2) is 0 Å². The van der Waals surface area contributed by atoms with Crippen molar-refractivity contribution >= 4 is 22.5 Å². The summed E-state index contributed by atoms with van der Waals surface area (Å²) < 4.78 is 5.93. The number of amides is 1. The molecular weight excluding hydrogens is 420 g/mol. The first-order valence-electron chi connectivity index (χ1n) is 11.5. The van der Waals surface area contributed by atoms with Crippen LogP contribution in [-0.4, -0.2) is 65.1 Å². The number of carbonyl (C=O) groups is 1. The summed E-state index contributed by atoms with van der Waals surface area (Å²) in [6.07, 6.45) is 4.79. The molecule has 1 fully saturated rings. The Labute approximate surface area is 190 Å². The van der Waals surface area contributed by atoms with Crippen molar-refractivity contribution in [3.05, 3.63) is 57.3 Å². The van der Waals surface area contributed by atoms with Crippen molar-refractivity contribution in [1.82, 2.24) is 25.2 Å². The molecule has 3 aromatic heterocycles. The number of rotatable bonds is 3. The zero-order chi connectivity index (χ0) is 22.5. The lowest BCUT2D eigenvalue weighted by Crippen LogP contribution is -2.57. The first-order valence-corrected chi connectivity index (χ1v) is 11.5. The minimum absolute atomic E-state index is 0.0481. The highest BCUT2D eigenvalue weighted by Crippen LogP contribution is 2.34. The Kier molecular flexibility index (Phi) is 4.79. The average molecular weight is 447 g/mol. The van der Waals surface area contributed by atoms with Crippen LogP contribution in [0.1, 0.15) is 33.7 Å². The van der Waals surface area contributed by atoms with Gasteiger partial charge in [0, 0.05) is 50.4 Å². The maximum absolute atomic E-state index is 12.4. The molecule has 5 heterocycles. The maximum Gasteiger partial charge on any atom is 0.269 e. The highest BCUT2D eigenvalue weighted by molar-refractivity contribution is 5.92. The monoisotopic (exact) mass is 446 g/mol. The number of pyridine rings is 3. The fourth-order valence-electron chi connectivity index (χ4n) is 5.36. The maximum atomic E-state index is 12.4. The van der Waals surface area contributed by atoms with Gasteiger partial charge in [0.25, 0.3) is 11.5 Å². The summed E-state index contributed by atoms with van der Waals surface area (Å²) in [5.74, 6) is 0.302. The van der Waals surface area contributed by atoms with Gasteiger partial charge >= 0.3 is 0 Å². The molecule has 1 saturated heterocycles. The van der Waals surface area contributed by atoms with Gasteiger partial charge in [-0.15, -0.1) is 0 Å². The number of piperazine rings is 1. The SMILES string of the molecule is CNC(=O)c1ccc2c(n1)OC[C@H]1CN(Cc3cc4[nH]c(=O)c5c(c4cn3)CCC5)CCN21. The van der Waals surface area contributed by atoms with Crippen LogP contribution in [0.25, 0.3) is 10.9 Å². The molecule has 9 nitrogen and oxygen atoms in total. The molecule has 1 aliphatic carbocycles. The van der Waals surface area contributed by atoms with Crippen LogP contribution in [0, 0.1) is 0 Å². The van der Waals surface area contributed by atoms with E-state index in [1.54, 1.807) is 13.1 Å². The molecule has 0 aromatic carbocycles. The van der Waals surface area contributed by atoms with Crippen LogP contribution in [0.15, 0.2) is 29.2 Å². The highest BCUT2D eigenvalue weighted by Gasteiger charge is 2.34. The van der Waals surface area contributed by atoms with Gasteiger partial charge in [0.1, 0.15) is 18.0 Å². The van der Waals surface area contributed by atoms with Crippen molar-refractivity contribution in [1.29, 1.82) is 0 Å². The summed E-state index contributed by atoms with van der Waals surface area (Å²) in [7, 11) is 1.59. The first-order chi connectivity index (χ1) is 16.1. The van der Waals surface area contributed by atoms with Crippen LogP contribution in [0.5, 0.6) is 5.88 Å². The third-order valence-corrected chi connectivity index (χ3v) is 7.00. The number of ether oxygens (including phenoxy) is 1. The molecule has 0 radical (unpaired) electrons. The third kappa shape index (κ3) is 3.43. The summed E-state index contributed by atoms with van der Waals surface area (Å²) in [5, 5.41) is 3.68. The van der Waals surface area contributed by atoms with Crippen molar-refractivity contribution in [2.75, 3.05) is 38.2 Å². The molecule has 170 valence electrons. The molecule has 2 N–H and O–H groups in total. The van der Waals surface area contributed by atoms with E-state index in [-0.39, 0.29) is 17.5 Å². The zero-order valence-electron chi connectivity index (χ0n) is 18.6. The molecular formula is C24H26N6O3. The molecule has 2 aliphatic heterocycles. The van der Waals surface area contributed by atoms with Crippen molar-refractivity contribution in [2.24, 2.45) is 0 Å². The van der Waals surface area contributed by atoms with E-state index in [2.05, 4.69) is 25.1 Å². The molecule has 0 spiro atoms. The molecule has 0 unspecified atom stereocenters. The van der Waals surface area contributed by atoms with Crippen LogP contribution in [0.3, 0.4) is 0 Å². The largest absolute Gasteiger partial charge is 0.474 e. The summed E-state index contributed by atoms with van der Waals surface area (Å²) in [6.45, 7) is 3.82. The molecule has 9 heteroatoms. The Morgan fingerprint density at radius 2 is 2.15 bits per heavy atom. The lowest BCUT2D eigenvalue weighted by Gasteiger charge is -2.45. The standard InChI is InChI=1S/C24H26N6O3/c1-25-23(32)19-5-6-21-24(28-19)33-13-15-12-29(7-8-30(15)21)11-14-9-20-18(10-26-14)16-3-2-4-17(16)22(31)27-20/h5-6,9-10,15H,2-4,7-8,11-13H2,1H3,(H,25,32)(H,27,31)/t15-/m1/s1. The second-order valence-corrected chi connectivity index (χ2v) is 8.98. The van der Waals surface area contributed by atoms with Gasteiger partial charge < -0.3 is 19.9 Å². The van der Waals surface area contributed by atoms with E-state index in [0.717, 1.165) is 73.3 Å². The number of nitrogens with zero attached hydrogens (tertiary/aromatic N) is 4. The Balaban J connectivity index is 1.19. The van der Waals surface area contributed by atoms with Crippen molar-refractivity contribution in [3.8, 4) is 5.88 Å². The summed E-state index contributed by atoms with van der Waals surface area (Å²) in [4.78, 5) is 41.2. The average Bonchev–Trinajstić information content (AvgIpc) is 3.34. The molecule has 1 atom stereocenters. The van der Waals surface area contributed by atoms with E-state index in [1.807, 2.05) is 18.3 Å². The smallest absolute Gasteiger partial charge is 0.269 e. The zero-order valence-corrected chi connectivity index (χ0v) is 18.6. The highest BCUT2D eigenvalue weighted by atomic mass is 16.5. The Bertz CT molecular complexity index is 1320. The number of hydrogen-bond donors (Lipinski definition) is 2. The summed E-state index contributed by atoms with van der Waals surface area (Å²) in [6, 6.07) is 5.90. The van der Waals surface area contributed by atoms with E-state index in [4.69, 9.17) is 9.72 Å². The minimum atomic E-state index is -0.220. The van der Waals surface area contributed by atoms with Gasteiger partial charge in [-0.05, 0) is 43.0 Å². The van der Waals surface area contributed by atoms with Crippen LogP contribution in [0.4, 0.5) is 5.69 Å². The predicted octanol–water partition coefficient (Wildman–Crippen LogP) is 1.25. The van der Waals surface area contributed by atoms with Crippen LogP contribution in [-0.2, 0) is 19.4 Å². The molecule has 3 aliphatic rings. The lowest BCUT2D eigenvalue weighted by atomic mass is 10.1. The fourth-order valence-corrected chi connectivity index (χ4v) is 5.36. The van der Waals surface area contributed by atoms with Crippen molar-refractivity contribution in [3.63, 3.8) is 0 Å². The Morgan fingerprint density at radius 3 is 3.03 bits per heavy atom. The molecule has 0 saturated carbocycles. The lowest BCUT2D eigenvalue weighted by molar-refractivity contribution is 0.0956. The van der Waals surface area contributed by atoms with Crippen molar-refractivity contribution < 1.29 is 9.53 Å². The number of nitrogens with one attached hydrogen (secondary N) is 2. The second kappa shape index (κ2) is 7.84. The molecule has 6 rings (SSSR count). The van der Waals surface area contributed by atoms with Gasteiger partial charge in [-0.2, -0.15) is 0 Å². The number of H-pyrrole nitrogens is 1. The normalized spacial score (nSPS) is 19.5. The van der Waals surface area contributed by atoms with Crippen LogP contribution < -0.4 is 20.5 Å². The number of carbonyl (C=O) groups excluding carboxylic acids is 1. The Morgan fingerprint density at radius 1 is 1.27 bits per heavy atom. The van der Waals surface area contributed by atoms with Gasteiger partial charge in [-0.25, -0.2) is 4.98 Å². The van der Waals surface area contributed by atoms with E-state index in [1.165, 1.54) is 5.56 Å². The summed E-state index contributed by atoms with van der Waals surface area (Å²) >= 11 is 0. The molecule has 0 bridgehead atoms. The Hall–Kier alpha value is -3.46. The van der Waals surface area contributed by atoms with Gasteiger partial charge in [0.05, 0.1) is 17.3 Å². The third-order valence-electron chi connectivity index (χ3n) is 7.00. The molecule has 1 amide bonds. The number of fused-ring (bicyclic) bond motifs is 6. The van der Waals surface area contributed by atoms with E-state index in [9.17, 15) is 9.59 Å². The summed E-state index contributed by atoms with van der Waals surface area (Å²) in [5.41, 5.74) is 5.30. The minimum Gasteiger partial charge on any atom is -0.474 e. The molecule has 33 heavy (non-hydrogen) atoms. The van der Waals surface area contributed by atoms with Crippen LogP contribution >= 0.6 is 0 Å². The van der Waals surface area contributed by atoms with Crippen LogP contribution in [0.2, 0.25) is 0 Å². The van der Waals surface area contributed by atoms with E-state index >= 15 is 0 Å². The second-order valence-electron chi connectivity index (χ2n) is 8.98. The van der Waals surface area contributed by atoms with E-state index in [0.29, 0.717) is 18.2 Å². The fraction of sp³-hybridized carbons (Fsp3) is 0.417. The number of anilines is 1. The quantitative estimate of drug-likeness (QED) is 0.624. The first kappa shape index (κ1) is 20.2. The number of aromatic nitrogens is 3. The number of hydrogen-bond acceptors (Lipinski definition) is 7. The molecule has 3 aromatic rings. The predicted molar refractivity (Wildman–Crippen MR) is 124 cm³/mol. The number of aryl methyl sites for hydroxylation is 1. The van der Waals surface area contributed by atoms with E-state index < -0.39 is 0 Å². The topological polar surface area (TPSA) is 103 Å². The van der Waals surface area contributed by atoms with Gasteiger partial charge in [-0.1, -0.05) is 0 Å². The van der Waals surface area contributed by atoms with Gasteiger partial charge in [0.2, 0.25) is 5.88 Å². The number of aromatic amines is 1. The van der Waals surface area contributed by atoms with Gasteiger partial charge in [-0.3, -0.25) is 19.5 Å².